The summed E-state index contributed by atoms with van der Waals surface area (Å²) < 4.78 is 1.79. The first-order chi connectivity index (χ1) is 15.9. The number of carbonyl (C=O) groups excluding carboxylic acids is 2. The van der Waals surface area contributed by atoms with E-state index in [0.717, 1.165) is 0 Å². The number of allylic oxidation sites excluding steroid dienone is 1. The van der Waals surface area contributed by atoms with Gasteiger partial charge in [0.05, 0.1) is 0 Å². The Balaban J connectivity index is 1.45. The maximum Gasteiger partial charge on any atom is 0.352 e. The Labute approximate surface area is 197 Å². The molecule has 3 atom stereocenters. The van der Waals surface area contributed by atoms with E-state index in [1.54, 1.807) is 47.3 Å². The number of carboxylic acids is 1. The highest BCUT2D eigenvalue weighted by molar-refractivity contribution is 8.01. The third kappa shape index (κ3) is 4.54. The summed E-state index contributed by atoms with van der Waals surface area (Å²) in [7, 11) is 0. The number of rotatable bonds is 9. The first-order valence-electron chi connectivity index (χ1n) is 9.97. The lowest BCUT2D eigenvalue weighted by molar-refractivity contribution is -0.151. The van der Waals surface area contributed by atoms with Crippen molar-refractivity contribution in [3.63, 3.8) is 0 Å². The second-order valence-electron chi connectivity index (χ2n) is 7.31. The number of hydrogen-bond acceptors (Lipinski definition) is 8. The molecule has 0 bridgehead atoms. The first-order valence-corrected chi connectivity index (χ1v) is 12.0. The molecule has 1 fully saturated rings. The number of carboxylic acid groups (broad SMARTS) is 1. The summed E-state index contributed by atoms with van der Waals surface area (Å²) in [5, 5.41) is 30.6. The van der Waals surface area contributed by atoms with E-state index in [0.29, 0.717) is 34.3 Å². The molecule has 2 amide bonds. The monoisotopic (exact) mass is 487 g/mol. The van der Waals surface area contributed by atoms with Crippen LogP contribution in [0.2, 0.25) is 0 Å². The molecule has 3 N–H and O–H groups in total. The zero-order valence-electron chi connectivity index (χ0n) is 17.3. The van der Waals surface area contributed by atoms with Gasteiger partial charge in [0.25, 0.3) is 11.8 Å². The summed E-state index contributed by atoms with van der Waals surface area (Å²) in [4.78, 5) is 38.5. The number of β-lactam (4-membered cyclic amide) rings is 1. The fourth-order valence-electron chi connectivity index (χ4n) is 3.59. The molecule has 4 rings (SSSR count). The maximum atomic E-state index is 12.8. The Morgan fingerprint density at radius 2 is 2.12 bits per heavy atom. The van der Waals surface area contributed by atoms with Crippen molar-refractivity contribution in [1.82, 2.24) is 25.0 Å². The van der Waals surface area contributed by atoms with E-state index in [2.05, 4.69) is 22.1 Å². The van der Waals surface area contributed by atoms with Gasteiger partial charge in [-0.15, -0.1) is 28.5 Å². The van der Waals surface area contributed by atoms with Crippen molar-refractivity contribution in [2.24, 2.45) is 0 Å². The van der Waals surface area contributed by atoms with Gasteiger partial charge in [-0.3, -0.25) is 14.5 Å². The number of nitrogens with one attached hydrogen (secondary N) is 1. The van der Waals surface area contributed by atoms with Crippen LogP contribution in [0.15, 0.2) is 65.7 Å². The molecular weight excluding hydrogens is 466 g/mol. The quantitative estimate of drug-likeness (QED) is 0.269. The predicted octanol–water partition coefficient (Wildman–Crippen LogP) is 1.03. The molecule has 2 aliphatic rings. The van der Waals surface area contributed by atoms with Crippen molar-refractivity contribution >= 4 is 41.3 Å². The Morgan fingerprint density at radius 1 is 1.36 bits per heavy atom. The number of hydrogen-bond donors (Lipinski definition) is 3. The van der Waals surface area contributed by atoms with Crippen LogP contribution in [-0.4, -0.2) is 70.6 Å². The molecule has 3 heterocycles. The summed E-state index contributed by atoms with van der Waals surface area (Å²) in [6.45, 7) is 4.21. The van der Waals surface area contributed by atoms with E-state index in [4.69, 9.17) is 0 Å². The van der Waals surface area contributed by atoms with Crippen LogP contribution in [-0.2, 0) is 20.9 Å². The summed E-state index contributed by atoms with van der Waals surface area (Å²) in [5.41, 5.74) is 0.925. The Morgan fingerprint density at radius 3 is 2.82 bits per heavy atom. The van der Waals surface area contributed by atoms with Gasteiger partial charge in [0.1, 0.15) is 23.4 Å². The zero-order valence-corrected chi connectivity index (χ0v) is 19.0. The molecular formula is C21H21N5O5S2. The van der Waals surface area contributed by atoms with Crippen molar-refractivity contribution < 1.29 is 24.6 Å². The van der Waals surface area contributed by atoms with Gasteiger partial charge < -0.3 is 20.1 Å². The average Bonchev–Trinajstić information content (AvgIpc) is 3.27. The summed E-state index contributed by atoms with van der Waals surface area (Å²) in [6.07, 6.45) is 1.85. The summed E-state index contributed by atoms with van der Waals surface area (Å²) >= 11 is 2.70. The van der Waals surface area contributed by atoms with Crippen LogP contribution in [0.4, 0.5) is 0 Å². The molecule has 172 valence electrons. The molecule has 2 unspecified atom stereocenters. The number of aliphatic hydroxyl groups is 1. The smallest absolute Gasteiger partial charge is 0.352 e. The topological polar surface area (TPSA) is 138 Å². The second kappa shape index (κ2) is 9.81. The maximum absolute atomic E-state index is 12.8. The van der Waals surface area contributed by atoms with Crippen LogP contribution in [0.1, 0.15) is 11.7 Å². The van der Waals surface area contributed by atoms with Crippen molar-refractivity contribution in [3.8, 4) is 0 Å². The van der Waals surface area contributed by atoms with Gasteiger partial charge in [-0.1, -0.05) is 48.2 Å². The number of fused-ring (bicyclic) bond motifs is 1. The third-order valence-corrected chi connectivity index (χ3v) is 7.60. The largest absolute Gasteiger partial charge is 0.477 e. The minimum absolute atomic E-state index is 0.0693. The Kier molecular flexibility index (Phi) is 6.86. The van der Waals surface area contributed by atoms with Gasteiger partial charge in [0, 0.05) is 18.1 Å². The molecule has 0 aliphatic carbocycles. The van der Waals surface area contributed by atoms with Crippen molar-refractivity contribution in [1.29, 1.82) is 0 Å². The minimum Gasteiger partial charge on any atom is -0.477 e. The predicted molar refractivity (Wildman–Crippen MR) is 122 cm³/mol. The molecule has 2 aliphatic heterocycles. The molecule has 12 heteroatoms. The zero-order chi connectivity index (χ0) is 23.5. The van der Waals surface area contributed by atoms with Crippen molar-refractivity contribution in [3.05, 3.63) is 66.1 Å². The van der Waals surface area contributed by atoms with E-state index in [1.165, 1.54) is 28.4 Å². The fourth-order valence-corrected chi connectivity index (χ4v) is 6.00. The lowest BCUT2D eigenvalue weighted by Gasteiger charge is -2.49. The van der Waals surface area contributed by atoms with E-state index in [1.807, 2.05) is 0 Å². The van der Waals surface area contributed by atoms with Gasteiger partial charge >= 0.3 is 5.97 Å². The minimum atomic E-state index is -1.42. The normalized spacial score (nSPS) is 20.6. The molecule has 0 spiro atoms. The highest BCUT2D eigenvalue weighted by atomic mass is 32.2. The summed E-state index contributed by atoms with van der Waals surface area (Å²) in [6, 6.07) is 7.48. The number of aliphatic hydroxyl groups excluding tert-OH is 1. The van der Waals surface area contributed by atoms with Gasteiger partial charge in [-0.2, -0.15) is 0 Å². The van der Waals surface area contributed by atoms with Gasteiger partial charge in [-0.25, -0.2) is 4.79 Å². The molecule has 2 aromatic rings. The van der Waals surface area contributed by atoms with Gasteiger partial charge in [-0.05, 0) is 11.1 Å². The first kappa shape index (κ1) is 23.1. The fraction of sp³-hybridized carbons (Fsp3) is 0.286. The van der Waals surface area contributed by atoms with Crippen molar-refractivity contribution in [2.75, 3.05) is 11.5 Å². The number of aromatic nitrogens is 3. The van der Waals surface area contributed by atoms with Crippen LogP contribution in [0.25, 0.3) is 0 Å². The number of nitrogens with zero attached hydrogens (tertiary/aromatic N) is 4. The second-order valence-corrected chi connectivity index (χ2v) is 9.36. The van der Waals surface area contributed by atoms with Gasteiger partial charge in [0.15, 0.2) is 11.3 Å². The van der Waals surface area contributed by atoms with Crippen LogP contribution >= 0.6 is 23.5 Å². The number of amides is 2. The van der Waals surface area contributed by atoms with E-state index >= 15 is 0 Å². The van der Waals surface area contributed by atoms with Crippen LogP contribution in [0.3, 0.4) is 0 Å². The molecule has 1 aromatic carbocycles. The molecule has 10 nitrogen and oxygen atoms in total. The number of carbonyl (C=O) groups is 3. The van der Waals surface area contributed by atoms with E-state index < -0.39 is 35.3 Å². The SMILES string of the molecule is C=CCn1cnnc1SCC1=C(C(=O)O)N2C(=O)C(NC(=O)C(O)c3ccccc3)[C@@H]2SC1. The Bertz CT molecular complexity index is 1120. The molecule has 1 aromatic heterocycles. The average molecular weight is 488 g/mol. The lowest BCUT2D eigenvalue weighted by Crippen LogP contribution is -2.70. The standard InChI is InChI=1S/C21H21N5O5S2/c1-2-8-25-11-22-24-21(25)33-10-13-9-32-19-14(18(29)26(19)15(13)20(30)31)23-17(28)16(27)12-6-4-3-5-7-12/h2-7,11,14,16,19,27H,1,8-10H2,(H,23,28)(H,30,31)/t14?,16?,19-/m0/s1. The lowest BCUT2D eigenvalue weighted by atomic mass is 10.0. The summed E-state index contributed by atoms with van der Waals surface area (Å²) in [5.74, 6) is -1.72. The number of benzene rings is 1. The van der Waals surface area contributed by atoms with Crippen molar-refractivity contribution in [2.45, 2.75) is 29.2 Å². The third-order valence-electron chi connectivity index (χ3n) is 5.19. The number of thioether (sulfide) groups is 2. The molecule has 0 saturated carbocycles. The number of aliphatic carboxylic acids is 1. The highest BCUT2D eigenvalue weighted by Crippen LogP contribution is 2.41. The van der Waals surface area contributed by atoms with Crippen LogP contribution in [0, 0.1) is 0 Å². The van der Waals surface area contributed by atoms with E-state index in [9.17, 15) is 24.6 Å². The van der Waals surface area contributed by atoms with Crippen LogP contribution < -0.4 is 5.32 Å². The van der Waals surface area contributed by atoms with E-state index in [-0.39, 0.29) is 5.70 Å². The molecule has 0 radical (unpaired) electrons. The molecule has 1 saturated heterocycles. The van der Waals surface area contributed by atoms with Crippen LogP contribution in [0.5, 0.6) is 0 Å². The molecule has 33 heavy (non-hydrogen) atoms. The highest BCUT2D eigenvalue weighted by Gasteiger charge is 2.54. The Hall–Kier alpha value is -3.09. The van der Waals surface area contributed by atoms with Gasteiger partial charge in [0.2, 0.25) is 0 Å².